The van der Waals surface area contributed by atoms with Crippen LogP contribution in [0.2, 0.25) is 0 Å². The highest BCUT2D eigenvalue weighted by Crippen LogP contribution is 2.69. The van der Waals surface area contributed by atoms with Crippen LogP contribution in [0.25, 0.3) is 0 Å². The maximum Gasteiger partial charge on any atom is 0.150 e. The van der Waals surface area contributed by atoms with Gasteiger partial charge in [-0.25, -0.2) is 0 Å². The molecule has 3 aliphatic carbocycles. The number of carbonyl (C=O) groups is 1. The second kappa shape index (κ2) is 2.11. The van der Waals surface area contributed by atoms with Gasteiger partial charge in [-0.3, -0.25) is 4.79 Å². The van der Waals surface area contributed by atoms with Crippen LogP contribution in [0.4, 0.5) is 0 Å². The van der Waals surface area contributed by atoms with Gasteiger partial charge in [0.2, 0.25) is 0 Å². The number of Topliss-reactive ketones (excluding diaryl/α,β-unsaturated/α-hetero) is 1. The predicted octanol–water partition coefficient (Wildman–Crippen LogP) is 0.806. The molecule has 3 saturated carbocycles. The third-order valence-corrected chi connectivity index (χ3v) is 4.31. The number of hydrogen-bond acceptors (Lipinski definition) is 2. The van der Waals surface area contributed by atoms with Crippen molar-refractivity contribution in [3.05, 3.63) is 0 Å². The monoisotopic (exact) mass is 165 g/mol. The molecule has 0 aromatic heterocycles. The summed E-state index contributed by atoms with van der Waals surface area (Å²) in [7, 11) is 0. The number of ketones is 1. The number of fused-ring (bicyclic) bond motifs is 5. The van der Waals surface area contributed by atoms with E-state index in [2.05, 4.69) is 0 Å². The summed E-state index contributed by atoms with van der Waals surface area (Å²) in [6, 6.07) is 0. The molecule has 2 nitrogen and oxygen atoms in total. The SMILES string of the molecule is NCC(=O)C1C2C3CCC(C3)C12. The Morgan fingerprint density at radius 3 is 2.33 bits per heavy atom. The van der Waals surface area contributed by atoms with E-state index in [1.807, 2.05) is 0 Å². The summed E-state index contributed by atoms with van der Waals surface area (Å²) in [5.41, 5.74) is 5.38. The molecule has 12 heavy (non-hydrogen) atoms. The molecule has 0 aliphatic heterocycles. The van der Waals surface area contributed by atoms with Crippen LogP contribution in [0, 0.1) is 29.6 Å². The summed E-state index contributed by atoms with van der Waals surface area (Å²) in [6.07, 6.45) is 4.20. The first-order valence-corrected chi connectivity index (χ1v) is 5.05. The quantitative estimate of drug-likeness (QED) is 0.658. The first kappa shape index (κ1) is 7.07. The fourth-order valence-electron chi connectivity index (χ4n) is 3.89. The molecule has 3 fully saturated rings. The van der Waals surface area contributed by atoms with Crippen LogP contribution >= 0.6 is 0 Å². The van der Waals surface area contributed by atoms with Gasteiger partial charge >= 0.3 is 0 Å². The largest absolute Gasteiger partial charge is 0.324 e. The minimum atomic E-state index is 0.275. The molecule has 3 aliphatic rings. The first-order valence-electron chi connectivity index (χ1n) is 5.05. The summed E-state index contributed by atoms with van der Waals surface area (Å²) in [6.45, 7) is 0.275. The third-order valence-electron chi connectivity index (χ3n) is 4.31. The second-order valence-corrected chi connectivity index (χ2v) is 4.68. The van der Waals surface area contributed by atoms with Crippen molar-refractivity contribution in [2.75, 3.05) is 6.54 Å². The van der Waals surface area contributed by atoms with Gasteiger partial charge in [0.25, 0.3) is 0 Å². The van der Waals surface area contributed by atoms with Crippen molar-refractivity contribution in [2.24, 2.45) is 35.3 Å². The Bertz CT molecular complexity index is 222. The van der Waals surface area contributed by atoms with E-state index in [4.69, 9.17) is 5.73 Å². The van der Waals surface area contributed by atoms with Crippen molar-refractivity contribution in [2.45, 2.75) is 19.3 Å². The van der Waals surface area contributed by atoms with Crippen molar-refractivity contribution in [1.82, 2.24) is 0 Å². The Morgan fingerprint density at radius 1 is 1.25 bits per heavy atom. The van der Waals surface area contributed by atoms with Gasteiger partial charge in [0.1, 0.15) is 5.78 Å². The summed E-state index contributed by atoms with van der Waals surface area (Å²) >= 11 is 0. The van der Waals surface area contributed by atoms with E-state index in [1.54, 1.807) is 0 Å². The normalized spacial score (nSPS) is 53.9. The molecule has 0 saturated heterocycles. The molecule has 0 aromatic rings. The Labute approximate surface area is 72.5 Å². The highest BCUT2D eigenvalue weighted by atomic mass is 16.1. The topological polar surface area (TPSA) is 43.1 Å². The van der Waals surface area contributed by atoms with Gasteiger partial charge in [-0.1, -0.05) is 0 Å². The van der Waals surface area contributed by atoms with Crippen LogP contribution in [-0.4, -0.2) is 12.3 Å². The Morgan fingerprint density at radius 2 is 1.83 bits per heavy atom. The van der Waals surface area contributed by atoms with Gasteiger partial charge in [-0.2, -0.15) is 0 Å². The lowest BCUT2D eigenvalue weighted by Gasteiger charge is -2.05. The molecule has 2 heteroatoms. The minimum absolute atomic E-state index is 0.275. The van der Waals surface area contributed by atoms with E-state index in [0.29, 0.717) is 11.7 Å². The molecular formula is C10H15NO. The van der Waals surface area contributed by atoms with E-state index >= 15 is 0 Å². The van der Waals surface area contributed by atoms with Gasteiger partial charge < -0.3 is 5.73 Å². The lowest BCUT2D eigenvalue weighted by atomic mass is 10.00. The van der Waals surface area contributed by atoms with Crippen LogP contribution in [0.3, 0.4) is 0 Å². The van der Waals surface area contributed by atoms with E-state index < -0.39 is 0 Å². The molecule has 2 bridgehead atoms. The molecule has 0 spiro atoms. The molecular weight excluding hydrogens is 150 g/mol. The number of hydrogen-bond donors (Lipinski definition) is 1. The highest BCUT2D eigenvalue weighted by Gasteiger charge is 2.66. The van der Waals surface area contributed by atoms with Gasteiger partial charge in [-0.15, -0.1) is 0 Å². The van der Waals surface area contributed by atoms with Crippen molar-refractivity contribution >= 4 is 5.78 Å². The van der Waals surface area contributed by atoms with Crippen LogP contribution in [-0.2, 0) is 4.79 Å². The molecule has 0 heterocycles. The Hall–Kier alpha value is -0.370. The summed E-state index contributed by atoms with van der Waals surface area (Å²) in [5, 5.41) is 0. The van der Waals surface area contributed by atoms with Crippen LogP contribution in [0.15, 0.2) is 0 Å². The minimum Gasteiger partial charge on any atom is -0.324 e. The zero-order valence-corrected chi connectivity index (χ0v) is 7.20. The highest BCUT2D eigenvalue weighted by molar-refractivity contribution is 5.86. The fraction of sp³-hybridized carbons (Fsp3) is 0.900. The molecule has 4 unspecified atom stereocenters. The predicted molar refractivity (Wildman–Crippen MR) is 45.4 cm³/mol. The fourth-order valence-corrected chi connectivity index (χ4v) is 3.89. The van der Waals surface area contributed by atoms with Crippen LogP contribution in [0.1, 0.15) is 19.3 Å². The van der Waals surface area contributed by atoms with Gasteiger partial charge in [0.05, 0.1) is 6.54 Å². The number of carbonyl (C=O) groups excluding carboxylic acids is 1. The lowest BCUT2D eigenvalue weighted by Crippen LogP contribution is -2.19. The van der Waals surface area contributed by atoms with E-state index in [9.17, 15) is 4.79 Å². The van der Waals surface area contributed by atoms with Crippen LogP contribution in [0.5, 0.6) is 0 Å². The zero-order chi connectivity index (χ0) is 8.29. The van der Waals surface area contributed by atoms with Crippen molar-refractivity contribution in [3.8, 4) is 0 Å². The van der Waals surface area contributed by atoms with Gasteiger partial charge in [0.15, 0.2) is 0 Å². The maximum atomic E-state index is 11.4. The number of rotatable bonds is 2. The van der Waals surface area contributed by atoms with E-state index in [1.165, 1.54) is 19.3 Å². The van der Waals surface area contributed by atoms with Gasteiger partial charge in [0, 0.05) is 5.92 Å². The maximum absolute atomic E-state index is 11.4. The summed E-state index contributed by atoms with van der Waals surface area (Å²) in [4.78, 5) is 11.4. The Kier molecular flexibility index (Phi) is 1.24. The Balaban J connectivity index is 1.78. The molecule has 0 amide bonds. The van der Waals surface area contributed by atoms with Crippen molar-refractivity contribution in [3.63, 3.8) is 0 Å². The standard InChI is InChI=1S/C10H15NO/c11-4-7(12)10-8-5-1-2-6(3-5)9(8)10/h5-6,8-10H,1-4,11H2. The molecule has 0 radical (unpaired) electrons. The molecule has 66 valence electrons. The second-order valence-electron chi connectivity index (χ2n) is 4.68. The molecule has 4 atom stereocenters. The van der Waals surface area contributed by atoms with E-state index in [-0.39, 0.29) is 6.54 Å². The number of nitrogens with two attached hydrogens (primary N) is 1. The third kappa shape index (κ3) is 0.674. The lowest BCUT2D eigenvalue weighted by molar-refractivity contribution is -0.119. The van der Waals surface area contributed by atoms with E-state index in [0.717, 1.165) is 23.7 Å². The molecule has 0 aromatic carbocycles. The molecule has 2 N–H and O–H groups in total. The summed E-state index contributed by atoms with van der Waals surface area (Å²) < 4.78 is 0. The van der Waals surface area contributed by atoms with Crippen molar-refractivity contribution in [1.29, 1.82) is 0 Å². The van der Waals surface area contributed by atoms with Crippen LogP contribution < -0.4 is 5.73 Å². The van der Waals surface area contributed by atoms with Crippen molar-refractivity contribution < 1.29 is 4.79 Å². The molecule has 3 rings (SSSR count). The average molecular weight is 165 g/mol. The average Bonchev–Trinajstić information content (AvgIpc) is 2.53. The summed E-state index contributed by atoms with van der Waals surface area (Å²) in [5.74, 6) is 4.10. The van der Waals surface area contributed by atoms with Gasteiger partial charge in [-0.05, 0) is 42.9 Å². The smallest absolute Gasteiger partial charge is 0.150 e. The first-order chi connectivity index (χ1) is 5.83. The zero-order valence-electron chi connectivity index (χ0n) is 7.20.